The Balaban J connectivity index is 0.000000826. The zero-order chi connectivity index (χ0) is 27.9. The molecule has 3 aromatic rings. The SMILES string of the molecule is CC(=O)O.COc1ccc2c(c1-c1c(C)cc(OCCCSC)cc1C)CCC2Oc1cc2c(cn1)CCO2. The van der Waals surface area contributed by atoms with Crippen LogP contribution in [0.1, 0.15) is 53.7 Å². The van der Waals surface area contributed by atoms with Crippen molar-refractivity contribution in [2.24, 2.45) is 0 Å². The molecular formula is C31H37NO6S. The van der Waals surface area contributed by atoms with Crippen molar-refractivity contribution < 1.29 is 28.8 Å². The zero-order valence-corrected chi connectivity index (χ0v) is 24.2. The Morgan fingerprint density at radius 1 is 1.15 bits per heavy atom. The van der Waals surface area contributed by atoms with Gasteiger partial charge in [0.25, 0.3) is 5.97 Å². The van der Waals surface area contributed by atoms with Gasteiger partial charge >= 0.3 is 0 Å². The Morgan fingerprint density at radius 3 is 2.59 bits per heavy atom. The molecule has 39 heavy (non-hydrogen) atoms. The van der Waals surface area contributed by atoms with Gasteiger partial charge in [-0.15, -0.1) is 0 Å². The number of aliphatic carboxylic acids is 1. The monoisotopic (exact) mass is 551 g/mol. The molecule has 1 atom stereocenters. The highest BCUT2D eigenvalue weighted by Crippen LogP contribution is 2.46. The third kappa shape index (κ3) is 6.79. The van der Waals surface area contributed by atoms with Crippen molar-refractivity contribution in [2.45, 2.75) is 52.6 Å². The van der Waals surface area contributed by atoms with Crippen molar-refractivity contribution in [1.29, 1.82) is 0 Å². The van der Waals surface area contributed by atoms with Crippen LogP contribution in [0.5, 0.6) is 23.1 Å². The smallest absolute Gasteiger partial charge is 0.300 e. The molecule has 0 saturated carbocycles. The molecular weight excluding hydrogens is 514 g/mol. The lowest BCUT2D eigenvalue weighted by Gasteiger charge is -2.20. The predicted molar refractivity (Wildman–Crippen MR) is 155 cm³/mol. The number of carboxylic acid groups (broad SMARTS) is 1. The van der Waals surface area contributed by atoms with Gasteiger partial charge in [-0.25, -0.2) is 4.98 Å². The molecule has 1 N–H and O–H groups in total. The first-order valence-corrected chi connectivity index (χ1v) is 14.6. The first kappa shape index (κ1) is 28.6. The third-order valence-corrected chi connectivity index (χ3v) is 7.56. The van der Waals surface area contributed by atoms with Crippen LogP contribution in [-0.4, -0.2) is 48.4 Å². The van der Waals surface area contributed by atoms with Crippen LogP contribution in [0.25, 0.3) is 11.1 Å². The highest BCUT2D eigenvalue weighted by atomic mass is 32.2. The molecule has 0 spiro atoms. The summed E-state index contributed by atoms with van der Waals surface area (Å²) in [7, 11) is 1.75. The van der Waals surface area contributed by atoms with Gasteiger partial charge in [0.05, 0.1) is 20.3 Å². The van der Waals surface area contributed by atoms with Crippen molar-refractivity contribution >= 4 is 17.7 Å². The second kappa shape index (κ2) is 13.1. The van der Waals surface area contributed by atoms with Crippen molar-refractivity contribution in [2.75, 3.05) is 32.3 Å². The minimum absolute atomic E-state index is 0.0405. The number of ether oxygens (including phenoxy) is 4. The van der Waals surface area contributed by atoms with Gasteiger partial charge in [0.1, 0.15) is 23.4 Å². The number of thioether (sulfide) groups is 1. The number of fused-ring (bicyclic) bond motifs is 2. The van der Waals surface area contributed by atoms with E-state index in [0.29, 0.717) is 5.88 Å². The number of aryl methyl sites for hydroxylation is 2. The fourth-order valence-electron chi connectivity index (χ4n) is 5.26. The normalized spacial score (nSPS) is 14.9. The van der Waals surface area contributed by atoms with Crippen LogP contribution < -0.4 is 18.9 Å². The van der Waals surface area contributed by atoms with Crippen molar-refractivity contribution in [3.05, 3.63) is 64.3 Å². The number of hydrogen-bond donors (Lipinski definition) is 1. The summed E-state index contributed by atoms with van der Waals surface area (Å²) < 4.78 is 24.0. The maximum Gasteiger partial charge on any atom is 0.300 e. The van der Waals surface area contributed by atoms with E-state index in [1.807, 2.05) is 24.0 Å². The minimum atomic E-state index is -0.833. The number of methoxy groups -OCH3 is 1. The summed E-state index contributed by atoms with van der Waals surface area (Å²) in [4.78, 5) is 13.5. The van der Waals surface area contributed by atoms with E-state index in [-0.39, 0.29) is 6.10 Å². The zero-order valence-electron chi connectivity index (χ0n) is 23.3. The summed E-state index contributed by atoms with van der Waals surface area (Å²) in [5.41, 5.74) is 8.44. The Labute approximate surface area is 234 Å². The molecule has 208 valence electrons. The minimum Gasteiger partial charge on any atom is -0.496 e. The average molecular weight is 552 g/mol. The number of rotatable bonds is 9. The quantitative estimate of drug-likeness (QED) is 0.298. The fraction of sp³-hybridized carbons (Fsp3) is 0.419. The van der Waals surface area contributed by atoms with E-state index in [9.17, 15) is 0 Å². The average Bonchev–Trinajstić information content (AvgIpc) is 3.53. The Morgan fingerprint density at radius 2 is 1.90 bits per heavy atom. The lowest BCUT2D eigenvalue weighted by atomic mass is 9.89. The number of carboxylic acids is 1. The van der Waals surface area contributed by atoms with Gasteiger partial charge in [-0.1, -0.05) is 6.07 Å². The van der Waals surface area contributed by atoms with Crippen LogP contribution in [-0.2, 0) is 17.6 Å². The van der Waals surface area contributed by atoms with E-state index in [2.05, 4.69) is 49.4 Å². The standard InChI is InChI=1S/C29H33NO4S.C2H4O2/c1-18-14-21(32-11-5-13-35-4)15-19(2)28(18)29-23-7-8-24(22(23)6-9-25(29)31-3)34-27-16-26-20(17-30-27)10-12-33-26;1-2(3)4/h6,9,14-17,24H,5,7-8,10-13H2,1-4H3;1H3,(H,3,4). The molecule has 1 aliphatic carbocycles. The number of carbonyl (C=O) groups is 1. The summed E-state index contributed by atoms with van der Waals surface area (Å²) in [6.45, 7) is 6.86. The van der Waals surface area contributed by atoms with Crippen molar-refractivity contribution in [3.8, 4) is 34.3 Å². The molecule has 1 aliphatic heterocycles. The van der Waals surface area contributed by atoms with Crippen LogP contribution in [0.2, 0.25) is 0 Å². The summed E-state index contributed by atoms with van der Waals surface area (Å²) in [5, 5.41) is 7.42. The molecule has 1 unspecified atom stereocenters. The molecule has 0 amide bonds. The summed E-state index contributed by atoms with van der Waals surface area (Å²) in [5.74, 6) is 3.62. The molecule has 0 bridgehead atoms. The van der Waals surface area contributed by atoms with E-state index in [1.165, 1.54) is 33.4 Å². The predicted octanol–water partition coefficient (Wildman–Crippen LogP) is 6.60. The second-order valence-corrected chi connectivity index (χ2v) is 10.7. The van der Waals surface area contributed by atoms with Crippen LogP contribution in [0.4, 0.5) is 0 Å². The summed E-state index contributed by atoms with van der Waals surface area (Å²) in [6.07, 6.45) is 7.77. The van der Waals surface area contributed by atoms with Crippen LogP contribution in [0.3, 0.4) is 0 Å². The highest BCUT2D eigenvalue weighted by Gasteiger charge is 2.30. The molecule has 7 nitrogen and oxygen atoms in total. The Hall–Kier alpha value is -3.39. The van der Waals surface area contributed by atoms with Gasteiger partial charge < -0.3 is 24.1 Å². The van der Waals surface area contributed by atoms with E-state index in [4.69, 9.17) is 28.8 Å². The number of aromatic nitrogens is 1. The first-order valence-electron chi connectivity index (χ1n) is 13.2. The molecule has 5 rings (SSSR count). The number of benzene rings is 2. The lowest BCUT2D eigenvalue weighted by Crippen LogP contribution is -2.06. The third-order valence-electron chi connectivity index (χ3n) is 6.86. The molecule has 0 fully saturated rings. The molecule has 2 aromatic carbocycles. The van der Waals surface area contributed by atoms with Gasteiger partial charge in [-0.05, 0) is 91.1 Å². The molecule has 0 radical (unpaired) electrons. The summed E-state index contributed by atoms with van der Waals surface area (Å²) in [6, 6.07) is 10.4. The highest BCUT2D eigenvalue weighted by molar-refractivity contribution is 7.98. The van der Waals surface area contributed by atoms with E-state index in [1.54, 1.807) is 7.11 Å². The lowest BCUT2D eigenvalue weighted by molar-refractivity contribution is -0.134. The van der Waals surface area contributed by atoms with Gasteiger partial charge in [0.2, 0.25) is 5.88 Å². The summed E-state index contributed by atoms with van der Waals surface area (Å²) >= 11 is 1.85. The van der Waals surface area contributed by atoms with Crippen LogP contribution in [0.15, 0.2) is 36.5 Å². The number of pyridine rings is 1. The Bertz CT molecular complexity index is 1300. The van der Waals surface area contributed by atoms with Gasteiger partial charge in [-0.2, -0.15) is 11.8 Å². The number of nitrogens with zero attached hydrogens (tertiary/aromatic N) is 1. The maximum atomic E-state index is 9.00. The van der Waals surface area contributed by atoms with Crippen molar-refractivity contribution in [1.82, 2.24) is 4.98 Å². The van der Waals surface area contributed by atoms with E-state index in [0.717, 1.165) is 74.4 Å². The van der Waals surface area contributed by atoms with E-state index >= 15 is 0 Å². The molecule has 0 saturated heterocycles. The van der Waals surface area contributed by atoms with Crippen LogP contribution in [0, 0.1) is 13.8 Å². The van der Waals surface area contributed by atoms with Crippen LogP contribution >= 0.6 is 11.8 Å². The second-order valence-electron chi connectivity index (χ2n) is 9.73. The van der Waals surface area contributed by atoms with Gasteiger partial charge in [0, 0.05) is 36.7 Å². The fourth-order valence-corrected chi connectivity index (χ4v) is 5.66. The van der Waals surface area contributed by atoms with Gasteiger partial charge in [-0.3, -0.25) is 4.79 Å². The van der Waals surface area contributed by atoms with Gasteiger partial charge in [0.15, 0.2) is 0 Å². The Kier molecular flexibility index (Phi) is 9.62. The maximum absolute atomic E-state index is 9.00. The molecule has 2 heterocycles. The first-order chi connectivity index (χ1) is 18.8. The topological polar surface area (TPSA) is 87.1 Å². The molecule has 8 heteroatoms. The molecule has 2 aliphatic rings. The van der Waals surface area contributed by atoms with E-state index < -0.39 is 5.97 Å². The van der Waals surface area contributed by atoms with Crippen molar-refractivity contribution in [3.63, 3.8) is 0 Å². The largest absolute Gasteiger partial charge is 0.496 e. The number of hydrogen-bond acceptors (Lipinski definition) is 7. The molecule has 1 aromatic heterocycles.